The molecule has 7 heteroatoms. The molecule has 0 aliphatic heterocycles. The Kier molecular flexibility index (Phi) is 2.72. The summed E-state index contributed by atoms with van der Waals surface area (Å²) in [6.45, 7) is 1.87. The van der Waals surface area contributed by atoms with Gasteiger partial charge in [0.2, 0.25) is 0 Å². The van der Waals surface area contributed by atoms with E-state index in [1.165, 1.54) is 10.9 Å². The smallest absolute Gasteiger partial charge is 0.254 e. The zero-order valence-electron chi connectivity index (χ0n) is 9.01. The van der Waals surface area contributed by atoms with Crippen LogP contribution in [0.3, 0.4) is 0 Å². The third-order valence-corrected chi connectivity index (χ3v) is 2.51. The highest BCUT2D eigenvalue weighted by molar-refractivity contribution is 6.32. The molecular weight excluding hydrogens is 242 g/mol. The van der Waals surface area contributed by atoms with E-state index in [9.17, 15) is 4.79 Å². The van der Waals surface area contributed by atoms with Gasteiger partial charge in [0.1, 0.15) is 11.4 Å². The molecule has 4 N–H and O–H groups in total. The number of anilines is 1. The molecule has 0 spiro atoms. The van der Waals surface area contributed by atoms with Crippen LogP contribution in [0.2, 0.25) is 5.02 Å². The van der Waals surface area contributed by atoms with Crippen LogP contribution in [0.5, 0.6) is 0 Å². The molecule has 6 nitrogen and oxygen atoms in total. The van der Waals surface area contributed by atoms with Gasteiger partial charge in [0.15, 0.2) is 5.82 Å². The van der Waals surface area contributed by atoms with Crippen LogP contribution in [0.25, 0.3) is 5.82 Å². The van der Waals surface area contributed by atoms with Gasteiger partial charge in [-0.1, -0.05) is 11.6 Å². The molecule has 0 unspecified atom stereocenters. The minimum atomic E-state index is -0.642. The van der Waals surface area contributed by atoms with Crippen LogP contribution in [0.4, 0.5) is 5.82 Å². The van der Waals surface area contributed by atoms with Crippen LogP contribution in [0.15, 0.2) is 18.5 Å². The highest BCUT2D eigenvalue weighted by Gasteiger charge is 2.15. The number of hydrogen-bond acceptors (Lipinski definition) is 4. The minimum absolute atomic E-state index is 0.121. The molecule has 1 amide bonds. The summed E-state index contributed by atoms with van der Waals surface area (Å²) in [5.41, 5.74) is 11.9. The Morgan fingerprint density at radius 2 is 2.18 bits per heavy atom. The number of rotatable bonds is 2. The van der Waals surface area contributed by atoms with Crippen LogP contribution in [-0.2, 0) is 0 Å². The van der Waals surface area contributed by atoms with Crippen LogP contribution in [0.1, 0.15) is 15.9 Å². The van der Waals surface area contributed by atoms with Crippen LogP contribution < -0.4 is 11.5 Å². The number of carbonyl (C=O) groups excluding carboxylic acids is 1. The first-order valence-electron chi connectivity index (χ1n) is 4.76. The van der Waals surface area contributed by atoms with E-state index < -0.39 is 5.91 Å². The van der Waals surface area contributed by atoms with Crippen molar-refractivity contribution < 1.29 is 4.79 Å². The summed E-state index contributed by atoms with van der Waals surface area (Å²) in [5, 5.41) is 4.34. The zero-order valence-corrected chi connectivity index (χ0v) is 9.77. The van der Waals surface area contributed by atoms with Crippen molar-refractivity contribution >= 4 is 23.3 Å². The van der Waals surface area contributed by atoms with Crippen molar-refractivity contribution in [3.63, 3.8) is 0 Å². The Hall–Kier alpha value is -2.08. The second-order valence-electron chi connectivity index (χ2n) is 3.54. The van der Waals surface area contributed by atoms with Gasteiger partial charge in [-0.25, -0.2) is 4.98 Å². The maximum atomic E-state index is 11.0. The predicted molar refractivity (Wildman–Crippen MR) is 64.0 cm³/mol. The first kappa shape index (κ1) is 11.4. The third-order valence-electron chi connectivity index (χ3n) is 2.23. The van der Waals surface area contributed by atoms with Crippen LogP contribution >= 0.6 is 11.6 Å². The molecule has 0 bridgehead atoms. The maximum absolute atomic E-state index is 11.0. The van der Waals surface area contributed by atoms with E-state index in [0.717, 1.165) is 5.56 Å². The molecule has 2 rings (SSSR count). The summed E-state index contributed by atoms with van der Waals surface area (Å²) in [7, 11) is 0. The number of nitrogens with two attached hydrogens (primary N) is 2. The summed E-state index contributed by atoms with van der Waals surface area (Å²) in [4.78, 5) is 15.2. The molecule has 0 aliphatic rings. The van der Waals surface area contributed by atoms with Gasteiger partial charge in [0.05, 0.1) is 11.2 Å². The molecule has 0 aliphatic carbocycles. The predicted octanol–water partition coefficient (Wildman–Crippen LogP) is 0.910. The van der Waals surface area contributed by atoms with Gasteiger partial charge < -0.3 is 11.5 Å². The van der Waals surface area contributed by atoms with E-state index >= 15 is 0 Å². The Morgan fingerprint density at radius 3 is 2.71 bits per heavy atom. The zero-order chi connectivity index (χ0) is 12.6. The normalized spacial score (nSPS) is 10.5. The average Bonchev–Trinajstić information content (AvgIpc) is 2.60. The molecule has 2 aromatic heterocycles. The van der Waals surface area contributed by atoms with Crippen LogP contribution in [0, 0.1) is 6.92 Å². The Bertz CT molecular complexity index is 592. The second kappa shape index (κ2) is 4.06. The minimum Gasteiger partial charge on any atom is -0.383 e. The molecule has 88 valence electrons. The quantitative estimate of drug-likeness (QED) is 0.828. The standard InChI is InChI=1S/C10H10ClN5O/c1-5-2-7(11)10(14-3-5)16-8(12)6(4-15-16)9(13)17/h2-4H,12H2,1H3,(H2,13,17). The lowest BCUT2D eigenvalue weighted by atomic mass is 10.3. The number of halogens is 1. The number of hydrogen-bond donors (Lipinski definition) is 2. The molecule has 0 aromatic carbocycles. The average molecular weight is 252 g/mol. The monoisotopic (exact) mass is 251 g/mol. The first-order valence-corrected chi connectivity index (χ1v) is 5.14. The molecular formula is C10H10ClN5O. The van der Waals surface area contributed by atoms with E-state index in [1.54, 1.807) is 12.3 Å². The lowest BCUT2D eigenvalue weighted by Gasteiger charge is -2.06. The Morgan fingerprint density at radius 1 is 1.47 bits per heavy atom. The number of primary amides is 1. The fraction of sp³-hybridized carbons (Fsp3) is 0.100. The largest absolute Gasteiger partial charge is 0.383 e. The molecule has 0 saturated heterocycles. The van der Waals surface area contributed by atoms with Gasteiger partial charge in [0.25, 0.3) is 5.91 Å². The van der Waals surface area contributed by atoms with Gasteiger partial charge in [0, 0.05) is 6.20 Å². The molecule has 2 heterocycles. The molecule has 0 fully saturated rings. The molecule has 0 radical (unpaired) electrons. The first-order chi connectivity index (χ1) is 8.00. The summed E-state index contributed by atoms with van der Waals surface area (Å²) in [6.07, 6.45) is 2.92. The highest BCUT2D eigenvalue weighted by Crippen LogP contribution is 2.22. The Labute approximate surface area is 102 Å². The number of aryl methyl sites for hydroxylation is 1. The Balaban J connectivity index is 2.57. The van der Waals surface area contributed by atoms with Gasteiger partial charge in [-0.2, -0.15) is 9.78 Å². The van der Waals surface area contributed by atoms with Gasteiger partial charge >= 0.3 is 0 Å². The molecule has 0 saturated carbocycles. The van der Waals surface area contributed by atoms with E-state index in [-0.39, 0.29) is 11.4 Å². The summed E-state index contributed by atoms with van der Waals surface area (Å²) < 4.78 is 1.28. The van der Waals surface area contributed by atoms with Crippen molar-refractivity contribution in [2.24, 2.45) is 5.73 Å². The SMILES string of the molecule is Cc1cnc(-n2ncc(C(N)=O)c2N)c(Cl)c1. The van der Waals surface area contributed by atoms with E-state index in [2.05, 4.69) is 10.1 Å². The number of nitrogens with zero attached hydrogens (tertiary/aromatic N) is 3. The van der Waals surface area contributed by atoms with Crippen molar-refractivity contribution in [2.45, 2.75) is 6.92 Å². The second-order valence-corrected chi connectivity index (χ2v) is 3.94. The molecule has 0 atom stereocenters. The lowest BCUT2D eigenvalue weighted by Crippen LogP contribution is -2.13. The number of amides is 1. The number of carbonyl (C=O) groups is 1. The van der Waals surface area contributed by atoms with Gasteiger partial charge in [-0.05, 0) is 18.6 Å². The van der Waals surface area contributed by atoms with Crippen molar-refractivity contribution in [1.82, 2.24) is 14.8 Å². The van der Waals surface area contributed by atoms with Gasteiger partial charge in [-0.15, -0.1) is 0 Å². The van der Waals surface area contributed by atoms with Crippen molar-refractivity contribution in [1.29, 1.82) is 0 Å². The fourth-order valence-corrected chi connectivity index (χ4v) is 1.70. The number of pyridine rings is 1. The number of aromatic nitrogens is 3. The number of nitrogen functional groups attached to an aromatic ring is 1. The molecule has 2 aromatic rings. The highest BCUT2D eigenvalue weighted by atomic mass is 35.5. The third kappa shape index (κ3) is 1.94. The summed E-state index contributed by atoms with van der Waals surface area (Å²) in [6, 6.07) is 1.73. The maximum Gasteiger partial charge on any atom is 0.254 e. The van der Waals surface area contributed by atoms with Crippen molar-refractivity contribution in [3.8, 4) is 5.82 Å². The van der Waals surface area contributed by atoms with Crippen LogP contribution in [-0.4, -0.2) is 20.7 Å². The van der Waals surface area contributed by atoms with Gasteiger partial charge in [-0.3, -0.25) is 4.79 Å². The molecule has 17 heavy (non-hydrogen) atoms. The summed E-state index contributed by atoms with van der Waals surface area (Å²) >= 11 is 6.03. The van der Waals surface area contributed by atoms with Crippen molar-refractivity contribution in [3.05, 3.63) is 34.6 Å². The van der Waals surface area contributed by atoms with Crippen molar-refractivity contribution in [2.75, 3.05) is 5.73 Å². The fourth-order valence-electron chi connectivity index (χ4n) is 1.40. The van der Waals surface area contributed by atoms with E-state index in [0.29, 0.717) is 10.8 Å². The van der Waals surface area contributed by atoms with E-state index in [1.807, 2.05) is 6.92 Å². The topological polar surface area (TPSA) is 99.8 Å². The summed E-state index contributed by atoms with van der Waals surface area (Å²) in [5.74, 6) is -0.157. The lowest BCUT2D eigenvalue weighted by molar-refractivity contribution is 0.100. The van der Waals surface area contributed by atoms with E-state index in [4.69, 9.17) is 23.1 Å².